The van der Waals surface area contributed by atoms with Gasteiger partial charge in [-0.2, -0.15) is 0 Å². The van der Waals surface area contributed by atoms with Gasteiger partial charge in [-0.1, -0.05) is 17.7 Å². The van der Waals surface area contributed by atoms with Crippen LogP contribution < -0.4 is 10.5 Å². The molecule has 4 rings (SSSR count). The summed E-state index contributed by atoms with van der Waals surface area (Å²) in [6.07, 6.45) is 0. The third-order valence-electron chi connectivity index (χ3n) is 6.29. The Morgan fingerprint density at radius 1 is 0.970 bits per heavy atom. The van der Waals surface area contributed by atoms with E-state index < -0.39 is 0 Å². The van der Waals surface area contributed by atoms with Gasteiger partial charge in [0.25, 0.3) is 5.56 Å². The van der Waals surface area contributed by atoms with Gasteiger partial charge in [-0.05, 0) is 57.5 Å². The molecule has 3 aromatic rings. The molecule has 1 fully saturated rings. The Balaban J connectivity index is 1.83. The van der Waals surface area contributed by atoms with E-state index in [1.807, 2.05) is 36.4 Å². The van der Waals surface area contributed by atoms with E-state index in [0.29, 0.717) is 17.0 Å². The number of nitrogens with zero attached hydrogens (tertiary/aromatic N) is 6. The second-order valence-electron chi connectivity index (χ2n) is 9.12. The molecule has 0 amide bonds. The van der Waals surface area contributed by atoms with E-state index in [0.717, 1.165) is 62.0 Å². The molecule has 2 heterocycles. The minimum absolute atomic E-state index is 0.0469. The van der Waals surface area contributed by atoms with E-state index in [9.17, 15) is 4.79 Å². The lowest BCUT2D eigenvalue weighted by Gasteiger charge is -2.32. The molecule has 0 bridgehead atoms. The first-order chi connectivity index (χ1) is 15.8. The molecule has 8 heteroatoms. The molecule has 2 aromatic carbocycles. The first-order valence-corrected chi connectivity index (χ1v) is 11.8. The highest BCUT2D eigenvalue weighted by molar-refractivity contribution is 6.30. The first-order valence-electron chi connectivity index (χ1n) is 11.4. The van der Waals surface area contributed by atoms with Gasteiger partial charge in [-0.25, -0.2) is 4.98 Å². The third kappa shape index (κ3) is 5.38. The molecule has 0 N–H and O–H groups in total. The van der Waals surface area contributed by atoms with Gasteiger partial charge in [0.1, 0.15) is 11.3 Å². The van der Waals surface area contributed by atoms with Gasteiger partial charge in [0, 0.05) is 51.3 Å². The van der Waals surface area contributed by atoms with Gasteiger partial charge in [0.2, 0.25) is 0 Å². The maximum absolute atomic E-state index is 13.8. The summed E-state index contributed by atoms with van der Waals surface area (Å²) >= 11 is 6.13. The Morgan fingerprint density at radius 2 is 1.67 bits per heavy atom. The summed E-state index contributed by atoms with van der Waals surface area (Å²) in [5.74, 6) is 0.757. The zero-order valence-electron chi connectivity index (χ0n) is 20.0. The van der Waals surface area contributed by atoms with Crippen molar-refractivity contribution in [2.75, 3.05) is 72.4 Å². The molecule has 33 heavy (non-hydrogen) atoms. The molecule has 1 aromatic heterocycles. The molecule has 0 atom stereocenters. The number of anilines is 1. The van der Waals surface area contributed by atoms with E-state index in [4.69, 9.17) is 16.6 Å². The smallest absolute Gasteiger partial charge is 0.266 e. The molecule has 0 radical (unpaired) electrons. The van der Waals surface area contributed by atoms with Crippen LogP contribution in [0.1, 0.15) is 5.82 Å². The zero-order chi connectivity index (χ0) is 23.5. The number of para-hydroxylation sites is 1. The highest BCUT2D eigenvalue weighted by Gasteiger charge is 2.20. The Morgan fingerprint density at radius 3 is 2.33 bits per heavy atom. The highest BCUT2D eigenvalue weighted by Crippen LogP contribution is 2.25. The normalized spacial score (nSPS) is 15.5. The second kappa shape index (κ2) is 10.2. The lowest BCUT2D eigenvalue weighted by molar-refractivity contribution is 0.144. The fraction of sp³-hybridized carbons (Fsp3) is 0.440. The van der Waals surface area contributed by atoms with E-state index >= 15 is 0 Å². The number of rotatable bonds is 7. The van der Waals surface area contributed by atoms with Crippen molar-refractivity contribution in [3.8, 4) is 5.69 Å². The van der Waals surface area contributed by atoms with Crippen LogP contribution in [-0.4, -0.2) is 91.7 Å². The van der Waals surface area contributed by atoms with Crippen LogP contribution in [0.25, 0.3) is 16.6 Å². The van der Waals surface area contributed by atoms with Crippen molar-refractivity contribution >= 4 is 28.2 Å². The van der Waals surface area contributed by atoms with Crippen molar-refractivity contribution in [1.29, 1.82) is 0 Å². The summed E-state index contributed by atoms with van der Waals surface area (Å²) in [6.45, 7) is 6.32. The van der Waals surface area contributed by atoms with Gasteiger partial charge in [-0.3, -0.25) is 14.3 Å². The molecule has 0 spiro atoms. The second-order valence-corrected chi connectivity index (χ2v) is 9.56. The van der Waals surface area contributed by atoms with Crippen molar-refractivity contribution in [2.24, 2.45) is 0 Å². The highest BCUT2D eigenvalue weighted by atomic mass is 35.5. The maximum atomic E-state index is 13.8. The average Bonchev–Trinajstić information content (AvgIpc) is 2.80. The number of benzene rings is 2. The van der Waals surface area contributed by atoms with Gasteiger partial charge in [0.15, 0.2) is 0 Å². The Labute approximate surface area is 200 Å². The first kappa shape index (κ1) is 23.7. The summed E-state index contributed by atoms with van der Waals surface area (Å²) < 4.78 is 1.75. The number of hydrogen-bond acceptors (Lipinski definition) is 6. The quantitative estimate of drug-likeness (QED) is 0.531. The monoisotopic (exact) mass is 468 g/mol. The molecule has 1 saturated heterocycles. The van der Waals surface area contributed by atoms with Crippen LogP contribution in [-0.2, 0) is 6.54 Å². The third-order valence-corrected chi connectivity index (χ3v) is 6.54. The SMILES string of the molecule is CN(C)CCN(C)c1cccc2c(=O)n(-c3ccc(Cl)cc3)c(CN3CCN(C)CC3)nc12. The van der Waals surface area contributed by atoms with E-state index in [1.54, 1.807) is 4.57 Å². The lowest BCUT2D eigenvalue weighted by atomic mass is 10.1. The van der Waals surface area contributed by atoms with E-state index in [2.05, 4.69) is 53.9 Å². The summed E-state index contributed by atoms with van der Waals surface area (Å²) in [4.78, 5) is 28.0. The summed E-state index contributed by atoms with van der Waals surface area (Å²) in [7, 11) is 8.33. The predicted octanol–water partition coefficient (Wildman–Crippen LogP) is 2.78. The number of piperazine rings is 1. The summed E-state index contributed by atoms with van der Waals surface area (Å²) in [5.41, 5.74) is 2.48. The molecule has 1 aliphatic rings. The maximum Gasteiger partial charge on any atom is 0.266 e. The minimum atomic E-state index is -0.0469. The Bertz CT molecular complexity index is 1150. The molecule has 0 unspecified atom stereocenters. The average molecular weight is 469 g/mol. The van der Waals surface area contributed by atoms with Crippen LogP contribution in [0, 0.1) is 0 Å². The number of halogens is 1. The van der Waals surface area contributed by atoms with Gasteiger partial charge in [0.05, 0.1) is 23.3 Å². The van der Waals surface area contributed by atoms with Gasteiger partial charge in [-0.15, -0.1) is 0 Å². The number of fused-ring (bicyclic) bond motifs is 1. The predicted molar refractivity (Wildman–Crippen MR) is 137 cm³/mol. The van der Waals surface area contributed by atoms with Crippen molar-refractivity contribution in [3.63, 3.8) is 0 Å². The van der Waals surface area contributed by atoms with Crippen molar-refractivity contribution < 1.29 is 0 Å². The number of hydrogen-bond donors (Lipinski definition) is 0. The summed E-state index contributed by atoms with van der Waals surface area (Å²) in [6, 6.07) is 13.3. The summed E-state index contributed by atoms with van der Waals surface area (Å²) in [5, 5.41) is 1.27. The lowest BCUT2D eigenvalue weighted by Crippen LogP contribution is -2.44. The molecular formula is C25H33ClN6O. The van der Waals surface area contributed by atoms with Crippen LogP contribution in [0.2, 0.25) is 5.02 Å². The Hall–Kier alpha value is -2.45. The number of likely N-dealkylation sites (N-methyl/N-ethyl adjacent to an activating group) is 3. The van der Waals surface area contributed by atoms with Crippen LogP contribution in [0.3, 0.4) is 0 Å². The largest absolute Gasteiger partial charge is 0.372 e. The molecule has 7 nitrogen and oxygen atoms in total. The topological polar surface area (TPSA) is 47.9 Å². The fourth-order valence-corrected chi connectivity index (χ4v) is 4.31. The minimum Gasteiger partial charge on any atom is -0.372 e. The zero-order valence-corrected chi connectivity index (χ0v) is 20.7. The van der Waals surface area contributed by atoms with Gasteiger partial charge < -0.3 is 14.7 Å². The fourth-order valence-electron chi connectivity index (χ4n) is 4.19. The van der Waals surface area contributed by atoms with E-state index in [-0.39, 0.29) is 5.56 Å². The molecule has 0 saturated carbocycles. The molecule has 1 aliphatic heterocycles. The van der Waals surface area contributed by atoms with Crippen LogP contribution >= 0.6 is 11.6 Å². The van der Waals surface area contributed by atoms with Crippen molar-refractivity contribution in [1.82, 2.24) is 24.3 Å². The van der Waals surface area contributed by atoms with Crippen molar-refractivity contribution in [2.45, 2.75) is 6.54 Å². The van der Waals surface area contributed by atoms with Crippen LogP contribution in [0.15, 0.2) is 47.3 Å². The van der Waals surface area contributed by atoms with Crippen LogP contribution in [0.4, 0.5) is 5.69 Å². The van der Waals surface area contributed by atoms with Crippen LogP contribution in [0.5, 0.6) is 0 Å². The molecule has 0 aliphatic carbocycles. The Kier molecular flexibility index (Phi) is 7.34. The van der Waals surface area contributed by atoms with Crippen molar-refractivity contribution in [3.05, 3.63) is 63.7 Å². The number of aromatic nitrogens is 2. The molecular weight excluding hydrogens is 436 g/mol. The standard InChI is InChI=1S/C25H33ClN6O/c1-28(2)12-15-30(4)22-7-5-6-21-24(22)27-23(18-31-16-13-29(3)14-17-31)32(25(21)33)20-10-8-19(26)9-11-20/h5-11H,12-18H2,1-4H3. The molecule has 176 valence electrons. The van der Waals surface area contributed by atoms with E-state index in [1.165, 1.54) is 0 Å². The van der Waals surface area contributed by atoms with Gasteiger partial charge >= 0.3 is 0 Å².